The van der Waals surface area contributed by atoms with Crippen LogP contribution in [0.15, 0.2) is 53.0 Å². The molecule has 1 aliphatic rings. The molecule has 122 valence electrons. The fraction of sp³-hybridized carbons (Fsp3) is 0.250. The minimum atomic E-state index is 0.192. The van der Waals surface area contributed by atoms with Gasteiger partial charge in [-0.25, -0.2) is 0 Å². The van der Waals surface area contributed by atoms with Crippen LogP contribution < -0.4 is 0 Å². The topological polar surface area (TPSA) is 25.2 Å². The average Bonchev–Trinajstić information content (AvgIpc) is 2.90. The van der Waals surface area contributed by atoms with Crippen LogP contribution in [0.5, 0.6) is 0 Å². The lowest BCUT2D eigenvalue weighted by Crippen LogP contribution is -2.37. The quantitative estimate of drug-likeness (QED) is 0.655. The molecule has 2 heterocycles. The van der Waals surface area contributed by atoms with Gasteiger partial charge in [-0.3, -0.25) is 4.79 Å². The first-order chi connectivity index (χ1) is 11.6. The van der Waals surface area contributed by atoms with Gasteiger partial charge in [0.1, 0.15) is 0 Å². The van der Waals surface area contributed by atoms with Gasteiger partial charge in [0.05, 0.1) is 13.0 Å². The highest BCUT2D eigenvalue weighted by molar-refractivity contribution is 9.10. The number of carbonyl (C=O) groups is 1. The number of halogens is 1. The number of fused-ring (bicyclic) bond motifs is 3. The first-order valence-electron chi connectivity index (χ1n) is 8.21. The Bertz CT molecular complexity index is 929. The number of para-hydroxylation sites is 1. The van der Waals surface area contributed by atoms with Crippen molar-refractivity contribution in [2.75, 3.05) is 6.54 Å². The van der Waals surface area contributed by atoms with E-state index in [0.717, 1.165) is 23.0 Å². The number of nitrogens with zero attached hydrogens (tertiary/aromatic N) is 2. The lowest BCUT2D eigenvalue weighted by atomic mass is 10.0. The molecule has 0 fully saturated rings. The number of hydrogen-bond acceptors (Lipinski definition) is 1. The highest BCUT2D eigenvalue weighted by Gasteiger charge is 2.25. The van der Waals surface area contributed by atoms with Gasteiger partial charge >= 0.3 is 0 Å². The summed E-state index contributed by atoms with van der Waals surface area (Å²) in [5.41, 5.74) is 4.97. The van der Waals surface area contributed by atoms with Crippen LogP contribution in [0.2, 0.25) is 0 Å². The standard InChI is InChI=1S/C20H19BrN2O/c1-22-18-9-5-3-7-15(18)16-10-11-23(13-19(16)22)20(24)12-14-6-2-4-8-17(14)21/h2-9H,10-13H2,1H3. The fourth-order valence-corrected chi connectivity index (χ4v) is 4.07. The zero-order chi connectivity index (χ0) is 16.7. The molecule has 0 unspecified atom stereocenters. The summed E-state index contributed by atoms with van der Waals surface area (Å²) < 4.78 is 3.24. The van der Waals surface area contributed by atoms with Crippen LogP contribution in [0.4, 0.5) is 0 Å². The molecular formula is C20H19BrN2O. The predicted molar refractivity (Wildman–Crippen MR) is 99.9 cm³/mol. The number of benzene rings is 2. The van der Waals surface area contributed by atoms with E-state index in [4.69, 9.17) is 0 Å². The molecule has 4 heteroatoms. The SMILES string of the molecule is Cn1c2c(c3ccccc31)CCN(C(=O)Cc1ccccc1Br)C2. The number of rotatable bonds is 2. The molecule has 1 amide bonds. The molecule has 4 rings (SSSR count). The molecule has 24 heavy (non-hydrogen) atoms. The average molecular weight is 383 g/mol. The van der Waals surface area contributed by atoms with Crippen molar-refractivity contribution in [3.63, 3.8) is 0 Å². The van der Waals surface area contributed by atoms with Crippen molar-refractivity contribution in [1.29, 1.82) is 0 Å². The van der Waals surface area contributed by atoms with Gasteiger partial charge in [-0.15, -0.1) is 0 Å². The third-order valence-corrected chi connectivity index (χ3v) is 5.74. The van der Waals surface area contributed by atoms with Gasteiger partial charge in [0.25, 0.3) is 0 Å². The Morgan fingerprint density at radius 3 is 2.71 bits per heavy atom. The second-order valence-corrected chi connectivity index (χ2v) is 7.19. The van der Waals surface area contributed by atoms with Gasteiger partial charge in [-0.05, 0) is 29.7 Å². The summed E-state index contributed by atoms with van der Waals surface area (Å²) in [5.74, 6) is 0.192. The molecule has 3 aromatic rings. The zero-order valence-corrected chi connectivity index (χ0v) is 15.2. The van der Waals surface area contributed by atoms with Crippen LogP contribution >= 0.6 is 15.9 Å². The number of aromatic nitrogens is 1. The molecule has 0 saturated heterocycles. The van der Waals surface area contributed by atoms with Gasteiger partial charge in [0.15, 0.2) is 0 Å². The van der Waals surface area contributed by atoms with Crippen LogP contribution in [-0.2, 0) is 31.2 Å². The lowest BCUT2D eigenvalue weighted by molar-refractivity contribution is -0.131. The summed E-state index contributed by atoms with van der Waals surface area (Å²) in [4.78, 5) is 14.7. The van der Waals surface area contributed by atoms with E-state index >= 15 is 0 Å². The molecule has 0 bridgehead atoms. The van der Waals surface area contributed by atoms with Crippen LogP contribution in [-0.4, -0.2) is 21.9 Å². The minimum absolute atomic E-state index is 0.192. The first kappa shape index (κ1) is 15.5. The summed E-state index contributed by atoms with van der Waals surface area (Å²) in [6.07, 6.45) is 1.37. The van der Waals surface area contributed by atoms with E-state index in [9.17, 15) is 4.79 Å². The molecule has 0 spiro atoms. The molecule has 3 nitrogen and oxygen atoms in total. The van der Waals surface area contributed by atoms with Crippen LogP contribution in [0.25, 0.3) is 10.9 Å². The summed E-state index contributed by atoms with van der Waals surface area (Å²) in [7, 11) is 2.10. The van der Waals surface area contributed by atoms with E-state index in [0.29, 0.717) is 13.0 Å². The second kappa shape index (κ2) is 6.10. The maximum Gasteiger partial charge on any atom is 0.227 e. The Hall–Kier alpha value is -2.07. The summed E-state index contributed by atoms with van der Waals surface area (Å²) >= 11 is 3.53. The number of aryl methyl sites for hydroxylation is 1. The number of carbonyl (C=O) groups excluding carboxylic acids is 1. The van der Waals surface area contributed by atoms with Crippen LogP contribution in [0, 0.1) is 0 Å². The van der Waals surface area contributed by atoms with Crippen molar-refractivity contribution < 1.29 is 4.79 Å². The largest absolute Gasteiger partial charge is 0.346 e. The Morgan fingerprint density at radius 1 is 1.12 bits per heavy atom. The van der Waals surface area contributed by atoms with E-state index in [1.807, 2.05) is 29.2 Å². The monoisotopic (exact) mass is 382 g/mol. The Morgan fingerprint density at radius 2 is 1.88 bits per heavy atom. The molecule has 0 atom stereocenters. The summed E-state index contributed by atoms with van der Waals surface area (Å²) in [5, 5.41) is 1.33. The van der Waals surface area contributed by atoms with Gasteiger partial charge < -0.3 is 9.47 Å². The van der Waals surface area contributed by atoms with Crippen LogP contribution in [0.1, 0.15) is 16.8 Å². The molecule has 0 saturated carbocycles. The third kappa shape index (κ3) is 2.55. The van der Waals surface area contributed by atoms with Gasteiger partial charge in [0, 0.05) is 34.7 Å². The molecule has 1 aromatic heterocycles. The molecule has 1 aliphatic heterocycles. The smallest absolute Gasteiger partial charge is 0.227 e. The van der Waals surface area contributed by atoms with E-state index in [2.05, 4.69) is 51.8 Å². The lowest BCUT2D eigenvalue weighted by Gasteiger charge is -2.28. The highest BCUT2D eigenvalue weighted by Crippen LogP contribution is 2.30. The van der Waals surface area contributed by atoms with Crippen molar-refractivity contribution >= 4 is 32.7 Å². The van der Waals surface area contributed by atoms with E-state index in [1.165, 1.54) is 22.2 Å². The Kier molecular flexibility index (Phi) is 3.93. The van der Waals surface area contributed by atoms with Crippen molar-refractivity contribution in [2.45, 2.75) is 19.4 Å². The van der Waals surface area contributed by atoms with Crippen molar-refractivity contribution in [3.8, 4) is 0 Å². The number of amides is 1. The normalized spacial score (nSPS) is 14.0. The van der Waals surface area contributed by atoms with Gasteiger partial charge in [0.2, 0.25) is 5.91 Å². The molecule has 0 aliphatic carbocycles. The van der Waals surface area contributed by atoms with Gasteiger partial charge in [-0.1, -0.05) is 52.3 Å². The molecule has 0 radical (unpaired) electrons. The predicted octanol–water partition coefficient (Wildman–Crippen LogP) is 4.07. The van der Waals surface area contributed by atoms with Gasteiger partial charge in [-0.2, -0.15) is 0 Å². The highest BCUT2D eigenvalue weighted by atomic mass is 79.9. The molecule has 0 N–H and O–H groups in total. The first-order valence-corrected chi connectivity index (χ1v) is 9.01. The Balaban J connectivity index is 1.60. The fourth-order valence-electron chi connectivity index (χ4n) is 3.64. The van der Waals surface area contributed by atoms with E-state index in [1.54, 1.807) is 0 Å². The van der Waals surface area contributed by atoms with Crippen molar-refractivity contribution in [3.05, 3.63) is 69.8 Å². The molecular weight excluding hydrogens is 364 g/mol. The Labute approximate surface area is 150 Å². The second-order valence-electron chi connectivity index (χ2n) is 6.33. The summed E-state index contributed by atoms with van der Waals surface area (Å²) in [6, 6.07) is 16.5. The van der Waals surface area contributed by atoms with E-state index in [-0.39, 0.29) is 5.91 Å². The molecule has 2 aromatic carbocycles. The number of hydrogen-bond donors (Lipinski definition) is 0. The minimum Gasteiger partial charge on any atom is -0.346 e. The van der Waals surface area contributed by atoms with Crippen molar-refractivity contribution in [1.82, 2.24) is 9.47 Å². The maximum absolute atomic E-state index is 12.8. The van der Waals surface area contributed by atoms with Crippen LogP contribution in [0.3, 0.4) is 0 Å². The van der Waals surface area contributed by atoms with Crippen molar-refractivity contribution in [2.24, 2.45) is 7.05 Å². The maximum atomic E-state index is 12.8. The third-order valence-electron chi connectivity index (χ3n) is 4.97. The van der Waals surface area contributed by atoms with E-state index < -0.39 is 0 Å². The summed E-state index contributed by atoms with van der Waals surface area (Å²) in [6.45, 7) is 1.49. The zero-order valence-electron chi connectivity index (χ0n) is 13.6.